The number of rotatable bonds is 7. The van der Waals surface area contributed by atoms with Gasteiger partial charge in [-0.1, -0.05) is 6.07 Å². The molecule has 1 unspecified atom stereocenters. The van der Waals surface area contributed by atoms with Crippen LogP contribution >= 0.6 is 11.3 Å². The summed E-state index contributed by atoms with van der Waals surface area (Å²) in [6.07, 6.45) is 3.01. The lowest BCUT2D eigenvalue weighted by Gasteiger charge is -2.32. The predicted molar refractivity (Wildman–Crippen MR) is 119 cm³/mol. The van der Waals surface area contributed by atoms with Gasteiger partial charge < -0.3 is 5.32 Å². The van der Waals surface area contributed by atoms with E-state index in [1.54, 1.807) is 11.3 Å². The zero-order valence-corrected chi connectivity index (χ0v) is 19.3. The largest absolute Gasteiger partial charge is 0.354 e. The molecule has 174 valence electrons. The maximum atomic E-state index is 14.0. The second kappa shape index (κ2) is 9.94. The van der Waals surface area contributed by atoms with Crippen LogP contribution in [-0.2, 0) is 14.8 Å². The normalized spacial score (nSPS) is 19.8. The number of sulfonamides is 1. The van der Waals surface area contributed by atoms with Crippen LogP contribution in [-0.4, -0.2) is 56.3 Å². The lowest BCUT2D eigenvalue weighted by molar-refractivity contribution is -0.126. The monoisotopic (exact) mass is 483 g/mol. The molecule has 32 heavy (non-hydrogen) atoms. The highest BCUT2D eigenvalue weighted by atomic mass is 32.2. The zero-order valence-electron chi connectivity index (χ0n) is 17.7. The highest BCUT2D eigenvalue weighted by Gasteiger charge is 2.34. The summed E-state index contributed by atoms with van der Waals surface area (Å²) in [6, 6.07) is 6.66. The molecular weight excluding hydrogens is 456 g/mol. The molecule has 3 heterocycles. The third-order valence-corrected chi connectivity index (χ3v) is 9.15. The van der Waals surface area contributed by atoms with Crippen molar-refractivity contribution in [3.63, 3.8) is 0 Å². The molecular formula is C22H27F2N3O3S2. The smallest absolute Gasteiger partial charge is 0.246 e. The van der Waals surface area contributed by atoms with Gasteiger partial charge in [-0.3, -0.25) is 9.69 Å². The summed E-state index contributed by atoms with van der Waals surface area (Å²) in [5.41, 5.74) is 0. The molecule has 6 nitrogen and oxygen atoms in total. The summed E-state index contributed by atoms with van der Waals surface area (Å²) in [4.78, 5) is 15.8. The molecule has 1 aromatic carbocycles. The van der Waals surface area contributed by atoms with E-state index in [4.69, 9.17) is 0 Å². The molecule has 0 aliphatic carbocycles. The van der Waals surface area contributed by atoms with Crippen LogP contribution in [0.4, 0.5) is 8.78 Å². The average Bonchev–Trinajstić information content (AvgIpc) is 3.50. The molecule has 10 heteroatoms. The number of piperidine rings is 1. The number of hydrogen-bond acceptors (Lipinski definition) is 5. The molecule has 0 spiro atoms. The molecule has 1 N–H and O–H groups in total. The Morgan fingerprint density at radius 3 is 2.50 bits per heavy atom. The maximum absolute atomic E-state index is 14.0. The van der Waals surface area contributed by atoms with Gasteiger partial charge >= 0.3 is 0 Å². The van der Waals surface area contributed by atoms with Gasteiger partial charge in [0.05, 0.1) is 6.04 Å². The van der Waals surface area contributed by atoms with Gasteiger partial charge in [0.25, 0.3) is 0 Å². The Balaban J connectivity index is 1.34. The Morgan fingerprint density at radius 1 is 1.12 bits per heavy atom. The number of hydrogen-bond donors (Lipinski definition) is 1. The van der Waals surface area contributed by atoms with Gasteiger partial charge in [-0.15, -0.1) is 11.3 Å². The first-order valence-electron chi connectivity index (χ1n) is 10.9. The molecule has 0 bridgehead atoms. The number of nitrogens with zero attached hydrogens (tertiary/aromatic N) is 2. The van der Waals surface area contributed by atoms with E-state index in [0.717, 1.165) is 42.4 Å². The molecule has 1 atom stereocenters. The van der Waals surface area contributed by atoms with Crippen molar-refractivity contribution < 1.29 is 22.0 Å². The lowest BCUT2D eigenvalue weighted by atomic mass is 9.97. The molecule has 1 aromatic heterocycles. The van der Waals surface area contributed by atoms with Crippen LogP contribution in [0.2, 0.25) is 0 Å². The van der Waals surface area contributed by atoms with E-state index in [0.29, 0.717) is 25.5 Å². The second-order valence-electron chi connectivity index (χ2n) is 8.27. The van der Waals surface area contributed by atoms with E-state index in [9.17, 15) is 22.0 Å². The van der Waals surface area contributed by atoms with Crippen LogP contribution < -0.4 is 5.32 Å². The Kier molecular flexibility index (Phi) is 7.24. The van der Waals surface area contributed by atoms with Crippen molar-refractivity contribution in [1.29, 1.82) is 0 Å². The van der Waals surface area contributed by atoms with E-state index >= 15 is 0 Å². The SMILES string of the molecule is O=C(NCC(c1cccs1)N1CCCC1)C1CCN(S(=O)(=O)c2cc(F)ccc2F)CC1. The van der Waals surface area contributed by atoms with Crippen molar-refractivity contribution in [2.45, 2.75) is 36.6 Å². The summed E-state index contributed by atoms with van der Waals surface area (Å²) in [7, 11) is -4.15. The van der Waals surface area contributed by atoms with Crippen molar-refractivity contribution in [3.8, 4) is 0 Å². The van der Waals surface area contributed by atoms with Crippen LogP contribution in [0.15, 0.2) is 40.6 Å². The van der Waals surface area contributed by atoms with Gasteiger partial charge in [0.1, 0.15) is 16.5 Å². The molecule has 4 rings (SSSR count). The van der Waals surface area contributed by atoms with Crippen molar-refractivity contribution in [1.82, 2.24) is 14.5 Å². The standard InChI is InChI=1S/C22H27F2N3O3S2/c23-17-5-6-18(24)21(14-17)32(29,30)27-11-7-16(8-12-27)22(28)25-15-19(20-4-3-13-31-20)26-9-1-2-10-26/h3-6,13-14,16,19H,1-2,7-12,15H2,(H,25,28). The molecule has 2 aromatic rings. The minimum absolute atomic E-state index is 0.0836. The summed E-state index contributed by atoms with van der Waals surface area (Å²) < 4.78 is 54.1. The van der Waals surface area contributed by atoms with Crippen molar-refractivity contribution in [3.05, 3.63) is 52.2 Å². The number of nitrogens with one attached hydrogen (secondary N) is 1. The summed E-state index contributed by atoms with van der Waals surface area (Å²) in [6.45, 7) is 2.75. The first-order valence-corrected chi connectivity index (χ1v) is 13.2. The van der Waals surface area contributed by atoms with Crippen LogP contribution in [0.1, 0.15) is 36.6 Å². The second-order valence-corrected chi connectivity index (χ2v) is 11.2. The average molecular weight is 484 g/mol. The first-order chi connectivity index (χ1) is 15.4. The van der Waals surface area contributed by atoms with E-state index in [-0.39, 0.29) is 31.0 Å². The number of carbonyl (C=O) groups excluding carboxylic acids is 1. The van der Waals surface area contributed by atoms with Crippen LogP contribution in [0.5, 0.6) is 0 Å². The topological polar surface area (TPSA) is 69.7 Å². The van der Waals surface area contributed by atoms with Gasteiger partial charge in [0.2, 0.25) is 15.9 Å². The summed E-state index contributed by atoms with van der Waals surface area (Å²) in [5.74, 6) is -2.17. The summed E-state index contributed by atoms with van der Waals surface area (Å²) in [5, 5.41) is 5.11. The number of carbonyl (C=O) groups is 1. The Morgan fingerprint density at radius 2 is 1.84 bits per heavy atom. The van der Waals surface area contributed by atoms with Crippen molar-refractivity contribution in [2.24, 2.45) is 5.92 Å². The Labute approximate surface area is 191 Å². The highest BCUT2D eigenvalue weighted by Crippen LogP contribution is 2.29. The van der Waals surface area contributed by atoms with E-state index in [1.165, 1.54) is 4.88 Å². The number of amides is 1. The third-order valence-electron chi connectivity index (χ3n) is 6.26. The molecule has 0 saturated carbocycles. The van der Waals surface area contributed by atoms with Gasteiger partial charge in [-0.25, -0.2) is 17.2 Å². The Hall–Kier alpha value is -1.88. The fourth-order valence-corrected chi connectivity index (χ4v) is 6.86. The van der Waals surface area contributed by atoms with Gasteiger partial charge in [0.15, 0.2) is 0 Å². The minimum Gasteiger partial charge on any atom is -0.354 e. The first kappa shape index (κ1) is 23.3. The van der Waals surface area contributed by atoms with E-state index in [1.807, 2.05) is 11.4 Å². The van der Waals surface area contributed by atoms with E-state index < -0.39 is 26.6 Å². The fraction of sp³-hybridized carbons (Fsp3) is 0.500. The number of thiophene rings is 1. The van der Waals surface area contributed by atoms with Gasteiger partial charge in [-0.2, -0.15) is 4.31 Å². The molecule has 1 amide bonds. The summed E-state index contributed by atoms with van der Waals surface area (Å²) >= 11 is 1.68. The Bertz CT molecular complexity index is 1030. The van der Waals surface area contributed by atoms with Crippen LogP contribution in [0.3, 0.4) is 0 Å². The van der Waals surface area contributed by atoms with Crippen molar-refractivity contribution in [2.75, 3.05) is 32.7 Å². The minimum atomic E-state index is -4.15. The number of likely N-dealkylation sites (tertiary alicyclic amines) is 1. The highest BCUT2D eigenvalue weighted by molar-refractivity contribution is 7.89. The third kappa shape index (κ3) is 5.03. The number of halogens is 2. The molecule has 2 aliphatic heterocycles. The molecule has 2 saturated heterocycles. The number of benzene rings is 1. The zero-order chi connectivity index (χ0) is 22.7. The van der Waals surface area contributed by atoms with Crippen molar-refractivity contribution >= 4 is 27.3 Å². The maximum Gasteiger partial charge on any atom is 0.246 e. The lowest BCUT2D eigenvalue weighted by Crippen LogP contribution is -2.44. The van der Waals surface area contributed by atoms with Crippen LogP contribution in [0.25, 0.3) is 0 Å². The van der Waals surface area contributed by atoms with Gasteiger partial charge in [-0.05, 0) is 68.4 Å². The molecule has 0 radical (unpaired) electrons. The molecule has 2 aliphatic rings. The van der Waals surface area contributed by atoms with Crippen LogP contribution in [0, 0.1) is 17.6 Å². The van der Waals surface area contributed by atoms with Gasteiger partial charge in [0, 0.05) is 30.4 Å². The van der Waals surface area contributed by atoms with E-state index in [2.05, 4.69) is 16.3 Å². The fourth-order valence-electron chi connectivity index (χ4n) is 4.46. The molecule has 2 fully saturated rings. The quantitative estimate of drug-likeness (QED) is 0.656. The predicted octanol–water partition coefficient (Wildman–Crippen LogP) is 3.38.